The maximum atomic E-state index is 13.2. The van der Waals surface area contributed by atoms with Crippen molar-refractivity contribution in [3.63, 3.8) is 0 Å². The summed E-state index contributed by atoms with van der Waals surface area (Å²) in [6.07, 6.45) is 0. The Bertz CT molecular complexity index is 1190. The number of rotatable bonds is 3. The summed E-state index contributed by atoms with van der Waals surface area (Å²) in [5.74, 6) is -1.53. The van der Waals surface area contributed by atoms with Gasteiger partial charge in [0.25, 0.3) is 11.7 Å². The Labute approximate surface area is 196 Å². The van der Waals surface area contributed by atoms with Crippen LogP contribution in [0.25, 0.3) is 5.76 Å². The molecular weight excluding hydrogens is 466 g/mol. The van der Waals surface area contributed by atoms with Gasteiger partial charge in [0.2, 0.25) is 0 Å². The number of carbonyl (C=O) groups excluding carboxylic acids is 2. The van der Waals surface area contributed by atoms with Crippen LogP contribution in [-0.4, -0.2) is 16.8 Å². The molecule has 1 N–H and O–H groups in total. The van der Waals surface area contributed by atoms with Crippen molar-refractivity contribution in [1.82, 2.24) is 0 Å². The first kappa shape index (κ1) is 22.0. The van der Waals surface area contributed by atoms with E-state index in [-0.39, 0.29) is 16.7 Å². The van der Waals surface area contributed by atoms with E-state index >= 15 is 0 Å². The van der Waals surface area contributed by atoms with Crippen molar-refractivity contribution in [2.45, 2.75) is 32.2 Å². The molecule has 4 nitrogen and oxygen atoms in total. The molecule has 1 aliphatic rings. The number of hydrogen-bond donors (Lipinski definition) is 1. The van der Waals surface area contributed by atoms with Crippen LogP contribution in [0.2, 0.25) is 0 Å². The number of para-hydroxylation sites is 1. The number of carbonyl (C=O) groups is 2. The summed E-state index contributed by atoms with van der Waals surface area (Å²) < 4.78 is 0.855. The second-order valence-electron chi connectivity index (χ2n) is 8.88. The number of aliphatic hydroxyl groups excluding tert-OH is 1. The Hall–Kier alpha value is -3.18. The van der Waals surface area contributed by atoms with E-state index < -0.39 is 17.7 Å². The summed E-state index contributed by atoms with van der Waals surface area (Å²) in [4.78, 5) is 27.8. The highest BCUT2D eigenvalue weighted by Gasteiger charge is 2.46. The fourth-order valence-electron chi connectivity index (χ4n) is 3.93. The number of aliphatic hydroxyl groups is 1. The van der Waals surface area contributed by atoms with Gasteiger partial charge in [-0.15, -0.1) is 0 Å². The molecule has 3 aromatic rings. The first-order valence-corrected chi connectivity index (χ1v) is 11.2. The molecule has 5 heteroatoms. The van der Waals surface area contributed by atoms with E-state index in [9.17, 15) is 14.7 Å². The molecule has 1 saturated heterocycles. The molecule has 0 aliphatic carbocycles. The van der Waals surface area contributed by atoms with Gasteiger partial charge in [0.15, 0.2) is 0 Å². The van der Waals surface area contributed by atoms with Gasteiger partial charge in [-0.1, -0.05) is 91.3 Å². The van der Waals surface area contributed by atoms with E-state index in [2.05, 4.69) is 36.7 Å². The lowest BCUT2D eigenvalue weighted by atomic mass is 9.85. The van der Waals surface area contributed by atoms with Gasteiger partial charge in [0.1, 0.15) is 5.76 Å². The second kappa shape index (κ2) is 8.40. The number of Topliss-reactive ketones (excluding diaryl/α,β-unsaturated/α-hetero) is 1. The van der Waals surface area contributed by atoms with Crippen molar-refractivity contribution in [3.8, 4) is 0 Å². The average molecular weight is 490 g/mol. The van der Waals surface area contributed by atoms with Crippen LogP contribution in [0.15, 0.2) is 88.9 Å². The first-order chi connectivity index (χ1) is 15.2. The van der Waals surface area contributed by atoms with Gasteiger partial charge in [-0.3, -0.25) is 14.5 Å². The number of ketones is 1. The van der Waals surface area contributed by atoms with E-state index in [1.807, 2.05) is 42.5 Å². The monoisotopic (exact) mass is 489 g/mol. The van der Waals surface area contributed by atoms with E-state index in [0.717, 1.165) is 15.6 Å². The van der Waals surface area contributed by atoms with Crippen LogP contribution in [0.5, 0.6) is 0 Å². The third kappa shape index (κ3) is 4.00. The molecule has 1 atom stereocenters. The topological polar surface area (TPSA) is 57.6 Å². The van der Waals surface area contributed by atoms with Crippen LogP contribution in [0.3, 0.4) is 0 Å². The Balaban J connectivity index is 1.91. The van der Waals surface area contributed by atoms with E-state index in [4.69, 9.17) is 0 Å². The highest BCUT2D eigenvalue weighted by Crippen LogP contribution is 2.42. The molecule has 1 amide bonds. The lowest BCUT2D eigenvalue weighted by Gasteiger charge is -2.26. The van der Waals surface area contributed by atoms with Crippen LogP contribution in [0.1, 0.15) is 43.5 Å². The summed E-state index contributed by atoms with van der Waals surface area (Å²) in [5.41, 5.74) is 3.05. The Morgan fingerprint density at radius 1 is 0.875 bits per heavy atom. The van der Waals surface area contributed by atoms with Crippen LogP contribution < -0.4 is 4.90 Å². The number of halogens is 1. The smallest absolute Gasteiger partial charge is 0.300 e. The normalized spacial score (nSPS) is 18.2. The van der Waals surface area contributed by atoms with Crippen molar-refractivity contribution in [2.24, 2.45) is 0 Å². The fourth-order valence-corrected chi connectivity index (χ4v) is 4.20. The number of nitrogens with zero attached hydrogens (tertiary/aromatic N) is 1. The molecule has 32 heavy (non-hydrogen) atoms. The summed E-state index contributed by atoms with van der Waals surface area (Å²) in [7, 11) is 0. The minimum atomic E-state index is -0.727. The predicted molar refractivity (Wildman–Crippen MR) is 131 cm³/mol. The summed E-state index contributed by atoms with van der Waals surface area (Å²) in [6, 6.07) is 23.3. The van der Waals surface area contributed by atoms with Crippen molar-refractivity contribution in [1.29, 1.82) is 0 Å². The zero-order valence-corrected chi connectivity index (χ0v) is 19.8. The van der Waals surface area contributed by atoms with Crippen molar-refractivity contribution >= 4 is 39.1 Å². The molecule has 0 aromatic heterocycles. The van der Waals surface area contributed by atoms with Crippen molar-refractivity contribution in [2.75, 3.05) is 4.90 Å². The molecular formula is C27H24BrNO3. The SMILES string of the molecule is CC(C)(C)c1ccc(C2/C(=C(/O)c3ccc(Br)cc3)C(=O)C(=O)N2c2ccccc2)cc1. The molecule has 3 aromatic carbocycles. The molecule has 162 valence electrons. The predicted octanol–water partition coefficient (Wildman–Crippen LogP) is 6.37. The summed E-state index contributed by atoms with van der Waals surface area (Å²) in [6.45, 7) is 6.39. The zero-order chi connectivity index (χ0) is 23.0. The lowest BCUT2D eigenvalue weighted by Crippen LogP contribution is -2.29. The summed E-state index contributed by atoms with van der Waals surface area (Å²) >= 11 is 3.38. The third-order valence-electron chi connectivity index (χ3n) is 5.69. The number of benzene rings is 3. The van der Waals surface area contributed by atoms with Crippen LogP contribution in [-0.2, 0) is 15.0 Å². The van der Waals surface area contributed by atoms with Gasteiger partial charge >= 0.3 is 0 Å². The summed E-state index contributed by atoms with van der Waals surface area (Å²) in [5, 5.41) is 11.1. The van der Waals surface area contributed by atoms with Crippen LogP contribution >= 0.6 is 15.9 Å². The maximum Gasteiger partial charge on any atom is 0.300 e. The number of hydrogen-bond acceptors (Lipinski definition) is 3. The standard InChI is InChI=1S/C27H24BrNO3/c1-27(2,3)19-13-9-17(10-14-19)23-22(24(30)18-11-15-20(28)16-12-18)25(31)26(32)29(23)21-7-5-4-6-8-21/h4-16,23,30H,1-3H3/b24-22-. The quantitative estimate of drug-likeness (QED) is 0.264. The number of anilines is 1. The fraction of sp³-hybridized carbons (Fsp3) is 0.185. The zero-order valence-electron chi connectivity index (χ0n) is 18.2. The lowest BCUT2D eigenvalue weighted by molar-refractivity contribution is -0.132. The largest absolute Gasteiger partial charge is 0.507 e. The Kier molecular flexibility index (Phi) is 5.78. The molecule has 0 bridgehead atoms. The average Bonchev–Trinajstić information content (AvgIpc) is 3.04. The van der Waals surface area contributed by atoms with Gasteiger partial charge in [0.05, 0.1) is 11.6 Å². The highest BCUT2D eigenvalue weighted by molar-refractivity contribution is 9.10. The third-order valence-corrected chi connectivity index (χ3v) is 6.22. The van der Waals surface area contributed by atoms with Gasteiger partial charge < -0.3 is 5.11 Å². The molecule has 0 saturated carbocycles. The molecule has 1 unspecified atom stereocenters. The molecule has 1 aliphatic heterocycles. The molecule has 1 fully saturated rings. The minimum absolute atomic E-state index is 0.0306. The minimum Gasteiger partial charge on any atom is -0.507 e. The number of amides is 1. The Morgan fingerprint density at radius 3 is 2.03 bits per heavy atom. The molecule has 0 spiro atoms. The van der Waals surface area contributed by atoms with Crippen LogP contribution in [0, 0.1) is 0 Å². The van der Waals surface area contributed by atoms with Crippen molar-refractivity contribution < 1.29 is 14.7 Å². The Morgan fingerprint density at radius 2 is 1.47 bits per heavy atom. The first-order valence-electron chi connectivity index (χ1n) is 10.4. The van der Waals surface area contributed by atoms with Crippen molar-refractivity contribution in [3.05, 3.63) is 106 Å². The van der Waals surface area contributed by atoms with E-state index in [0.29, 0.717) is 11.3 Å². The van der Waals surface area contributed by atoms with Gasteiger partial charge in [-0.05, 0) is 40.8 Å². The second-order valence-corrected chi connectivity index (χ2v) is 9.80. The maximum absolute atomic E-state index is 13.2. The van der Waals surface area contributed by atoms with Gasteiger partial charge in [0, 0.05) is 15.7 Å². The van der Waals surface area contributed by atoms with E-state index in [1.165, 1.54) is 4.90 Å². The highest BCUT2D eigenvalue weighted by atomic mass is 79.9. The van der Waals surface area contributed by atoms with Crippen LogP contribution in [0.4, 0.5) is 5.69 Å². The molecule has 0 radical (unpaired) electrons. The van der Waals surface area contributed by atoms with E-state index in [1.54, 1.807) is 36.4 Å². The van der Waals surface area contributed by atoms with Gasteiger partial charge in [-0.2, -0.15) is 0 Å². The molecule has 4 rings (SSSR count). The molecule has 1 heterocycles. The van der Waals surface area contributed by atoms with Gasteiger partial charge in [-0.25, -0.2) is 0 Å².